The Hall–Kier alpha value is -2.14. The molecular formula is C16H18N2O2S. The van der Waals surface area contributed by atoms with Crippen molar-refractivity contribution in [1.29, 1.82) is 0 Å². The summed E-state index contributed by atoms with van der Waals surface area (Å²) in [5.74, 6) is 0.788. The number of carbonyl (C=O) groups is 1. The average Bonchev–Trinajstić information content (AvgIpc) is 3.01. The van der Waals surface area contributed by atoms with E-state index in [0.717, 1.165) is 23.5 Å². The summed E-state index contributed by atoms with van der Waals surface area (Å²) in [5.41, 5.74) is 3.74. The Bertz CT molecular complexity index is 577. The highest BCUT2D eigenvalue weighted by atomic mass is 32.1. The van der Waals surface area contributed by atoms with Gasteiger partial charge in [-0.1, -0.05) is 18.2 Å². The number of aryl methyl sites for hydroxylation is 1. The second kappa shape index (κ2) is 8.21. The maximum absolute atomic E-state index is 11.6. The van der Waals surface area contributed by atoms with Crippen LogP contribution in [0.4, 0.5) is 0 Å². The molecule has 1 N–H and O–H groups in total. The van der Waals surface area contributed by atoms with Crippen molar-refractivity contribution in [3.63, 3.8) is 0 Å². The highest BCUT2D eigenvalue weighted by Crippen LogP contribution is 2.13. The number of amides is 1. The lowest BCUT2D eigenvalue weighted by atomic mass is 10.1. The molecule has 0 aliphatic rings. The van der Waals surface area contributed by atoms with Crippen molar-refractivity contribution in [3.05, 3.63) is 52.2 Å². The molecule has 0 atom stereocenters. The van der Waals surface area contributed by atoms with Crippen LogP contribution in [-0.2, 0) is 11.2 Å². The largest absolute Gasteiger partial charge is 0.497 e. The van der Waals surface area contributed by atoms with Crippen molar-refractivity contribution in [3.8, 4) is 5.75 Å². The number of rotatable bonds is 7. The number of carbonyl (C=O) groups excluding carboxylic acids is 1. The van der Waals surface area contributed by atoms with Crippen molar-refractivity contribution in [2.75, 3.05) is 7.11 Å². The Labute approximate surface area is 128 Å². The molecule has 0 unspecified atom stereocenters. The lowest BCUT2D eigenvalue weighted by Crippen LogP contribution is -2.17. The zero-order chi connectivity index (χ0) is 14.9. The van der Waals surface area contributed by atoms with Gasteiger partial charge in [0.15, 0.2) is 0 Å². The van der Waals surface area contributed by atoms with Crippen LogP contribution < -0.4 is 10.2 Å². The van der Waals surface area contributed by atoms with Gasteiger partial charge < -0.3 is 4.74 Å². The lowest BCUT2D eigenvalue weighted by molar-refractivity contribution is -0.121. The summed E-state index contributed by atoms with van der Waals surface area (Å²) in [6.45, 7) is 0. The Morgan fingerprint density at radius 3 is 2.81 bits per heavy atom. The van der Waals surface area contributed by atoms with Crippen LogP contribution in [-0.4, -0.2) is 19.2 Å². The number of hydrazone groups is 1. The summed E-state index contributed by atoms with van der Waals surface area (Å²) in [5, 5.41) is 5.90. The topological polar surface area (TPSA) is 50.7 Å². The van der Waals surface area contributed by atoms with Gasteiger partial charge in [-0.2, -0.15) is 5.10 Å². The van der Waals surface area contributed by atoms with E-state index in [0.29, 0.717) is 6.42 Å². The predicted octanol–water partition coefficient (Wildman–Crippen LogP) is 3.23. The molecule has 0 saturated carbocycles. The van der Waals surface area contributed by atoms with Crippen molar-refractivity contribution in [1.82, 2.24) is 5.43 Å². The van der Waals surface area contributed by atoms with Crippen molar-refractivity contribution >= 4 is 23.5 Å². The quantitative estimate of drug-likeness (QED) is 0.630. The van der Waals surface area contributed by atoms with Gasteiger partial charge in [-0.15, -0.1) is 11.3 Å². The first-order valence-electron chi connectivity index (χ1n) is 6.76. The van der Waals surface area contributed by atoms with Gasteiger partial charge in [-0.25, -0.2) is 5.43 Å². The number of hydrogen-bond acceptors (Lipinski definition) is 4. The Morgan fingerprint density at radius 2 is 2.14 bits per heavy atom. The molecule has 0 fully saturated rings. The summed E-state index contributed by atoms with van der Waals surface area (Å²) in [6.07, 6.45) is 3.79. The number of nitrogens with zero attached hydrogens (tertiary/aromatic N) is 1. The van der Waals surface area contributed by atoms with Crippen LogP contribution in [0.1, 0.15) is 23.3 Å². The predicted molar refractivity (Wildman–Crippen MR) is 86.0 cm³/mol. The molecular weight excluding hydrogens is 284 g/mol. The van der Waals surface area contributed by atoms with E-state index in [2.05, 4.69) is 10.5 Å². The van der Waals surface area contributed by atoms with Crippen molar-refractivity contribution in [2.45, 2.75) is 19.3 Å². The summed E-state index contributed by atoms with van der Waals surface area (Å²) in [4.78, 5) is 12.6. The van der Waals surface area contributed by atoms with E-state index in [1.807, 2.05) is 41.8 Å². The second-order valence-electron chi connectivity index (χ2n) is 4.51. The van der Waals surface area contributed by atoms with E-state index in [1.165, 1.54) is 5.56 Å². The maximum atomic E-state index is 11.6. The van der Waals surface area contributed by atoms with Gasteiger partial charge in [0.1, 0.15) is 5.75 Å². The van der Waals surface area contributed by atoms with Gasteiger partial charge in [0.25, 0.3) is 0 Å². The molecule has 0 saturated heterocycles. The first-order chi connectivity index (χ1) is 10.3. The molecule has 1 aromatic heterocycles. The number of ether oxygens (including phenoxy) is 1. The molecule has 1 aromatic carbocycles. The highest BCUT2D eigenvalue weighted by Gasteiger charge is 2.01. The fourth-order valence-electron chi connectivity index (χ4n) is 1.83. The molecule has 1 amide bonds. The first-order valence-corrected chi connectivity index (χ1v) is 7.64. The number of nitrogens with one attached hydrogen (secondary N) is 1. The number of hydrogen-bond donors (Lipinski definition) is 1. The van der Waals surface area contributed by atoms with Gasteiger partial charge >= 0.3 is 0 Å². The van der Waals surface area contributed by atoms with E-state index < -0.39 is 0 Å². The highest BCUT2D eigenvalue weighted by molar-refractivity contribution is 7.11. The van der Waals surface area contributed by atoms with Gasteiger partial charge in [-0.05, 0) is 42.0 Å². The fourth-order valence-corrected chi connectivity index (χ4v) is 2.42. The minimum Gasteiger partial charge on any atom is -0.497 e. The van der Waals surface area contributed by atoms with Gasteiger partial charge in [-0.3, -0.25) is 4.79 Å². The number of thiophene rings is 1. The molecule has 110 valence electrons. The molecule has 1 heterocycles. The van der Waals surface area contributed by atoms with Crippen molar-refractivity contribution < 1.29 is 9.53 Å². The molecule has 0 bridgehead atoms. The van der Waals surface area contributed by atoms with E-state index in [4.69, 9.17) is 4.74 Å². The number of methoxy groups -OCH3 is 1. The number of benzene rings is 1. The molecule has 0 aliphatic heterocycles. The van der Waals surface area contributed by atoms with Crippen LogP contribution in [0.25, 0.3) is 0 Å². The molecule has 21 heavy (non-hydrogen) atoms. The monoisotopic (exact) mass is 302 g/mol. The Morgan fingerprint density at radius 1 is 1.33 bits per heavy atom. The second-order valence-corrected chi connectivity index (χ2v) is 5.49. The van der Waals surface area contributed by atoms with Crippen LogP contribution in [0.5, 0.6) is 5.75 Å². The minimum absolute atomic E-state index is 0.0590. The summed E-state index contributed by atoms with van der Waals surface area (Å²) in [6, 6.07) is 11.8. The molecule has 4 nitrogen and oxygen atoms in total. The maximum Gasteiger partial charge on any atom is 0.240 e. The fraction of sp³-hybridized carbons (Fsp3) is 0.250. The third-order valence-corrected chi connectivity index (χ3v) is 3.76. The summed E-state index contributed by atoms with van der Waals surface area (Å²) < 4.78 is 5.11. The third kappa shape index (κ3) is 5.39. The lowest BCUT2D eigenvalue weighted by Gasteiger charge is -2.03. The summed E-state index contributed by atoms with van der Waals surface area (Å²) >= 11 is 1.58. The van der Waals surface area contributed by atoms with Crippen LogP contribution in [0.15, 0.2) is 46.9 Å². The van der Waals surface area contributed by atoms with Crippen LogP contribution in [0.2, 0.25) is 0 Å². The average molecular weight is 302 g/mol. The van der Waals surface area contributed by atoms with Crippen molar-refractivity contribution in [2.24, 2.45) is 5.10 Å². The van der Waals surface area contributed by atoms with E-state index >= 15 is 0 Å². The molecule has 0 radical (unpaired) electrons. The standard InChI is InChI=1S/C16H18N2O2S/c1-20-14-9-7-13(8-10-14)4-2-6-16(19)18-17-12-15-5-3-11-21-15/h3,5,7-12H,2,4,6H2,1H3,(H,18,19)/b17-12+. The van der Waals surface area contributed by atoms with Crippen LogP contribution in [0, 0.1) is 0 Å². The van der Waals surface area contributed by atoms with E-state index in [9.17, 15) is 4.79 Å². The van der Waals surface area contributed by atoms with E-state index in [1.54, 1.807) is 24.7 Å². The van der Waals surface area contributed by atoms with Gasteiger partial charge in [0.05, 0.1) is 13.3 Å². The third-order valence-electron chi connectivity index (χ3n) is 2.95. The SMILES string of the molecule is COc1ccc(CCCC(=O)N/N=C/c2cccs2)cc1. The first kappa shape index (κ1) is 15.3. The minimum atomic E-state index is -0.0590. The van der Waals surface area contributed by atoms with Gasteiger partial charge in [0.2, 0.25) is 5.91 Å². The molecule has 0 spiro atoms. The summed E-state index contributed by atoms with van der Waals surface area (Å²) in [7, 11) is 1.65. The normalized spacial score (nSPS) is 10.7. The molecule has 2 aromatic rings. The molecule has 5 heteroatoms. The van der Waals surface area contributed by atoms with E-state index in [-0.39, 0.29) is 5.91 Å². The smallest absolute Gasteiger partial charge is 0.240 e. The molecule has 2 rings (SSSR count). The zero-order valence-electron chi connectivity index (χ0n) is 11.9. The Balaban J connectivity index is 1.66. The van der Waals surface area contributed by atoms with Crippen LogP contribution >= 0.6 is 11.3 Å². The van der Waals surface area contributed by atoms with Gasteiger partial charge in [0, 0.05) is 11.3 Å². The van der Waals surface area contributed by atoms with Crippen LogP contribution in [0.3, 0.4) is 0 Å². The Kier molecular flexibility index (Phi) is 5.97. The zero-order valence-corrected chi connectivity index (χ0v) is 12.7. The molecule has 0 aliphatic carbocycles.